The third kappa shape index (κ3) is 6.28. The molecule has 202 valence electrons. The van der Waals surface area contributed by atoms with Crippen molar-refractivity contribution in [2.75, 3.05) is 44.8 Å². The molecule has 1 aliphatic rings. The van der Waals surface area contributed by atoms with E-state index in [1.165, 1.54) is 30.3 Å². The molecule has 3 aromatic carbocycles. The first-order valence-corrected chi connectivity index (χ1v) is 13.4. The molecule has 0 spiro atoms. The first-order chi connectivity index (χ1) is 18.3. The summed E-state index contributed by atoms with van der Waals surface area (Å²) >= 11 is 0. The van der Waals surface area contributed by atoms with E-state index < -0.39 is 28.3 Å². The van der Waals surface area contributed by atoms with Gasteiger partial charge in [-0.05, 0) is 66.9 Å². The van der Waals surface area contributed by atoms with Crippen LogP contribution in [0, 0.1) is 5.82 Å². The van der Waals surface area contributed by atoms with Crippen LogP contribution >= 0.6 is 0 Å². The van der Waals surface area contributed by atoms with Gasteiger partial charge in [0.25, 0.3) is 10.0 Å². The number of halogens is 1. The van der Waals surface area contributed by atoms with Gasteiger partial charge < -0.3 is 24.3 Å². The van der Waals surface area contributed by atoms with Crippen LogP contribution < -0.4 is 28.6 Å². The van der Waals surface area contributed by atoms with E-state index in [1.807, 2.05) is 18.2 Å². The van der Waals surface area contributed by atoms with Crippen LogP contribution in [0.5, 0.6) is 23.0 Å². The Balaban J connectivity index is 1.45. The van der Waals surface area contributed by atoms with Crippen molar-refractivity contribution >= 4 is 21.6 Å². The summed E-state index contributed by atoms with van der Waals surface area (Å²) < 4.78 is 63.3. The number of rotatable bonds is 11. The van der Waals surface area contributed by atoms with Crippen LogP contribution in [0.15, 0.2) is 65.6 Å². The van der Waals surface area contributed by atoms with Crippen molar-refractivity contribution in [1.82, 2.24) is 5.32 Å². The highest BCUT2D eigenvalue weighted by Crippen LogP contribution is 2.34. The van der Waals surface area contributed by atoms with Gasteiger partial charge in [0.05, 0.1) is 24.8 Å². The number of aryl methyl sites for hydroxylation is 1. The third-order valence-electron chi connectivity index (χ3n) is 5.92. The second-order valence-electron chi connectivity index (χ2n) is 8.44. The smallest absolute Gasteiger partial charge is 0.264 e. The fourth-order valence-electron chi connectivity index (χ4n) is 3.98. The number of hydrogen-bond acceptors (Lipinski definition) is 7. The maximum Gasteiger partial charge on any atom is 0.264 e. The van der Waals surface area contributed by atoms with E-state index in [-0.39, 0.29) is 10.6 Å². The predicted octanol–water partition coefficient (Wildman–Crippen LogP) is 3.56. The van der Waals surface area contributed by atoms with Gasteiger partial charge in [-0.25, -0.2) is 12.8 Å². The Bertz CT molecular complexity index is 1380. The molecule has 0 saturated heterocycles. The summed E-state index contributed by atoms with van der Waals surface area (Å²) in [6, 6.07) is 14.8. The monoisotopic (exact) mass is 544 g/mol. The second kappa shape index (κ2) is 12.0. The van der Waals surface area contributed by atoms with Crippen molar-refractivity contribution < 1.29 is 36.6 Å². The lowest BCUT2D eigenvalue weighted by atomic mass is 10.1. The number of anilines is 1. The van der Waals surface area contributed by atoms with Crippen LogP contribution in [-0.2, 0) is 21.2 Å². The van der Waals surface area contributed by atoms with Crippen LogP contribution in [0.2, 0.25) is 0 Å². The molecule has 0 aromatic heterocycles. The molecule has 1 amide bonds. The molecule has 4 rings (SSSR count). The van der Waals surface area contributed by atoms with E-state index in [2.05, 4.69) is 5.32 Å². The quantitative estimate of drug-likeness (QED) is 0.368. The third-order valence-corrected chi connectivity index (χ3v) is 7.69. The van der Waals surface area contributed by atoms with Crippen molar-refractivity contribution in [1.29, 1.82) is 0 Å². The summed E-state index contributed by atoms with van der Waals surface area (Å²) in [5.41, 5.74) is 1.16. The number of carbonyl (C=O) groups excluding carboxylic acids is 1. The summed E-state index contributed by atoms with van der Waals surface area (Å²) in [4.78, 5) is 12.8. The minimum atomic E-state index is -4.19. The number of ether oxygens (including phenoxy) is 4. The molecule has 0 radical (unpaired) electrons. The fourth-order valence-corrected chi connectivity index (χ4v) is 5.41. The summed E-state index contributed by atoms with van der Waals surface area (Å²) in [5.74, 6) is 0.970. The molecule has 0 atom stereocenters. The molecule has 0 fully saturated rings. The Morgan fingerprint density at radius 2 is 1.66 bits per heavy atom. The van der Waals surface area contributed by atoms with Gasteiger partial charge in [-0.1, -0.05) is 6.07 Å². The number of methoxy groups -OCH3 is 2. The number of amides is 1. The Labute approximate surface area is 221 Å². The molecule has 11 heteroatoms. The van der Waals surface area contributed by atoms with Gasteiger partial charge in [0.15, 0.2) is 23.0 Å². The Morgan fingerprint density at radius 3 is 2.37 bits per heavy atom. The Hall–Kier alpha value is -3.99. The van der Waals surface area contributed by atoms with Gasteiger partial charge in [0, 0.05) is 12.6 Å². The average molecular weight is 545 g/mol. The van der Waals surface area contributed by atoms with Gasteiger partial charge in [0.2, 0.25) is 5.91 Å². The highest BCUT2D eigenvalue weighted by Gasteiger charge is 2.29. The largest absolute Gasteiger partial charge is 0.493 e. The van der Waals surface area contributed by atoms with Crippen molar-refractivity contribution in [3.8, 4) is 23.0 Å². The number of nitrogens with zero attached hydrogens (tertiary/aromatic N) is 1. The number of sulfonamides is 1. The molecule has 0 unspecified atom stereocenters. The molecule has 0 bridgehead atoms. The molecule has 1 aliphatic heterocycles. The van der Waals surface area contributed by atoms with E-state index >= 15 is 0 Å². The zero-order valence-electron chi connectivity index (χ0n) is 21.1. The Morgan fingerprint density at radius 1 is 0.947 bits per heavy atom. The molecule has 1 heterocycles. The van der Waals surface area contributed by atoms with Crippen LogP contribution in [-0.4, -0.2) is 54.8 Å². The first kappa shape index (κ1) is 27.1. The number of benzene rings is 3. The Kier molecular flexibility index (Phi) is 8.57. The minimum absolute atomic E-state index is 0.0765. The SMILES string of the molecule is COc1ccc(CCCNC(=O)CN(c2ccc(F)cc2)S(=O)(=O)c2ccc3c(c2)OCCO3)cc1OC. The summed E-state index contributed by atoms with van der Waals surface area (Å²) in [6.07, 6.45) is 1.28. The first-order valence-electron chi connectivity index (χ1n) is 12.0. The molecular formula is C27H29FN2O7S. The number of carbonyl (C=O) groups is 1. The minimum Gasteiger partial charge on any atom is -0.493 e. The van der Waals surface area contributed by atoms with Gasteiger partial charge in [-0.2, -0.15) is 0 Å². The van der Waals surface area contributed by atoms with E-state index in [9.17, 15) is 17.6 Å². The predicted molar refractivity (Wildman–Crippen MR) is 139 cm³/mol. The molecule has 9 nitrogen and oxygen atoms in total. The molecular weight excluding hydrogens is 515 g/mol. The van der Waals surface area contributed by atoms with E-state index in [4.69, 9.17) is 18.9 Å². The lowest BCUT2D eigenvalue weighted by Gasteiger charge is -2.25. The topological polar surface area (TPSA) is 103 Å². The molecule has 0 aliphatic carbocycles. The van der Waals surface area contributed by atoms with Crippen molar-refractivity contribution in [2.45, 2.75) is 17.7 Å². The highest BCUT2D eigenvalue weighted by molar-refractivity contribution is 7.92. The maximum atomic E-state index is 13.6. The lowest BCUT2D eigenvalue weighted by Crippen LogP contribution is -2.41. The van der Waals surface area contributed by atoms with Gasteiger partial charge in [-0.15, -0.1) is 0 Å². The highest BCUT2D eigenvalue weighted by atomic mass is 32.2. The normalized spacial score (nSPS) is 12.5. The standard InChI is InChI=1S/C27H29FN2O7S/c1-34-23-11-5-19(16-25(23)35-2)4-3-13-29-27(31)18-30(21-8-6-20(28)7-9-21)38(32,33)22-10-12-24-26(17-22)37-15-14-36-24/h5-12,16-17H,3-4,13-15,18H2,1-2H3,(H,29,31). The summed E-state index contributed by atoms with van der Waals surface area (Å²) in [7, 11) is -1.07. The number of hydrogen-bond donors (Lipinski definition) is 1. The number of fused-ring (bicyclic) bond motifs is 1. The molecule has 1 N–H and O–H groups in total. The zero-order valence-corrected chi connectivity index (χ0v) is 21.9. The van der Waals surface area contributed by atoms with Crippen LogP contribution in [0.25, 0.3) is 0 Å². The fraction of sp³-hybridized carbons (Fsp3) is 0.296. The van der Waals surface area contributed by atoms with Crippen LogP contribution in [0.3, 0.4) is 0 Å². The average Bonchev–Trinajstić information content (AvgIpc) is 2.94. The van der Waals surface area contributed by atoms with E-state index in [0.29, 0.717) is 55.6 Å². The zero-order chi connectivity index (χ0) is 27.1. The van der Waals surface area contributed by atoms with Gasteiger partial charge in [0.1, 0.15) is 25.6 Å². The maximum absolute atomic E-state index is 13.6. The summed E-state index contributed by atoms with van der Waals surface area (Å²) in [6.45, 7) is 0.504. The van der Waals surface area contributed by atoms with E-state index in [0.717, 1.165) is 22.0 Å². The van der Waals surface area contributed by atoms with E-state index in [1.54, 1.807) is 14.2 Å². The van der Waals surface area contributed by atoms with Crippen molar-refractivity contribution in [3.05, 3.63) is 72.0 Å². The molecule has 0 saturated carbocycles. The van der Waals surface area contributed by atoms with Crippen LogP contribution in [0.4, 0.5) is 10.1 Å². The number of nitrogens with one attached hydrogen (secondary N) is 1. The lowest BCUT2D eigenvalue weighted by molar-refractivity contribution is -0.119. The summed E-state index contributed by atoms with van der Waals surface area (Å²) in [5, 5.41) is 2.77. The molecule has 3 aromatic rings. The van der Waals surface area contributed by atoms with Gasteiger partial charge in [-0.3, -0.25) is 9.10 Å². The van der Waals surface area contributed by atoms with Gasteiger partial charge >= 0.3 is 0 Å². The second-order valence-corrected chi connectivity index (χ2v) is 10.3. The van der Waals surface area contributed by atoms with Crippen molar-refractivity contribution in [3.63, 3.8) is 0 Å². The van der Waals surface area contributed by atoms with Crippen molar-refractivity contribution in [2.24, 2.45) is 0 Å². The molecule has 38 heavy (non-hydrogen) atoms. The van der Waals surface area contributed by atoms with Crippen LogP contribution in [0.1, 0.15) is 12.0 Å².